The Kier molecular flexibility index (Phi) is 8.42. The topological polar surface area (TPSA) is 131 Å². The third-order valence-corrected chi connectivity index (χ3v) is 5.97. The van der Waals surface area contributed by atoms with Gasteiger partial charge in [-0.05, 0) is 76.9 Å². The molecular formula is C23H21FN2O8S. The number of hydrogen-bond acceptors (Lipinski definition) is 9. The fourth-order valence-electron chi connectivity index (χ4n) is 3.62. The van der Waals surface area contributed by atoms with Gasteiger partial charge in [-0.3, -0.25) is 4.79 Å². The van der Waals surface area contributed by atoms with Crippen LogP contribution in [0.1, 0.15) is 30.0 Å². The van der Waals surface area contributed by atoms with Crippen molar-refractivity contribution in [3.05, 3.63) is 90.8 Å². The number of allylic oxidation sites excluding steroid dienone is 2. The van der Waals surface area contributed by atoms with E-state index in [0.717, 1.165) is 27.2 Å². The molecule has 35 heavy (non-hydrogen) atoms. The van der Waals surface area contributed by atoms with Crippen LogP contribution in [0.25, 0.3) is 17.2 Å². The van der Waals surface area contributed by atoms with Gasteiger partial charge >= 0.3 is 5.97 Å². The van der Waals surface area contributed by atoms with Crippen LogP contribution < -0.4 is 0 Å². The Balaban J connectivity index is 1.86. The maximum absolute atomic E-state index is 14.1. The maximum Gasteiger partial charge on any atom is 0.310 e. The van der Waals surface area contributed by atoms with Crippen LogP contribution >= 0.6 is 11.8 Å². The highest BCUT2D eigenvalue weighted by Crippen LogP contribution is 2.44. The lowest BCUT2D eigenvalue weighted by Crippen LogP contribution is -2.30. The van der Waals surface area contributed by atoms with Crippen molar-refractivity contribution in [3.63, 3.8) is 0 Å². The van der Waals surface area contributed by atoms with E-state index in [4.69, 9.17) is 4.74 Å². The van der Waals surface area contributed by atoms with Crippen LogP contribution in [0.15, 0.2) is 52.9 Å². The number of esters is 1. The van der Waals surface area contributed by atoms with Crippen LogP contribution in [0.4, 0.5) is 4.39 Å². The van der Waals surface area contributed by atoms with E-state index in [1.807, 2.05) is 36.6 Å². The number of nitrogens with zero attached hydrogens (tertiary/aromatic N) is 2. The van der Waals surface area contributed by atoms with E-state index >= 15 is 0 Å². The summed E-state index contributed by atoms with van der Waals surface area (Å²) in [6, 6.07) is 12.2. The second-order valence-electron chi connectivity index (χ2n) is 7.45. The van der Waals surface area contributed by atoms with Gasteiger partial charge in [0.15, 0.2) is 0 Å². The van der Waals surface area contributed by atoms with E-state index < -0.39 is 41.3 Å². The highest BCUT2D eigenvalue weighted by Gasteiger charge is 2.27. The van der Waals surface area contributed by atoms with Gasteiger partial charge in [0.25, 0.3) is 10.2 Å². The van der Waals surface area contributed by atoms with Crippen LogP contribution in [0.5, 0.6) is 0 Å². The molecule has 0 bridgehead atoms. The average molecular weight is 504 g/mol. The largest absolute Gasteiger partial charge is 0.458 e. The summed E-state index contributed by atoms with van der Waals surface area (Å²) in [5.74, 6) is -1.31. The number of fused-ring (bicyclic) bond motifs is 1. The van der Waals surface area contributed by atoms with Gasteiger partial charge in [-0.1, -0.05) is 18.2 Å². The molecule has 1 aliphatic carbocycles. The summed E-state index contributed by atoms with van der Waals surface area (Å²) >= 11 is 1.62. The molecule has 0 fully saturated rings. The first-order valence-electron chi connectivity index (χ1n) is 10.3. The van der Waals surface area contributed by atoms with E-state index in [1.165, 1.54) is 12.1 Å². The van der Waals surface area contributed by atoms with E-state index in [1.54, 1.807) is 24.8 Å². The Morgan fingerprint density at radius 1 is 1.06 bits per heavy atom. The van der Waals surface area contributed by atoms with Crippen LogP contribution in [-0.2, 0) is 19.2 Å². The molecule has 3 rings (SSSR count). The van der Waals surface area contributed by atoms with E-state index in [-0.39, 0.29) is 6.42 Å². The first-order valence-corrected chi connectivity index (χ1v) is 11.5. The van der Waals surface area contributed by atoms with Gasteiger partial charge in [0.05, 0.1) is 6.42 Å². The molecular weight excluding hydrogens is 483 g/mol. The number of carbonyl (C=O) groups is 1. The molecule has 0 heterocycles. The van der Waals surface area contributed by atoms with Crippen molar-refractivity contribution in [2.24, 2.45) is 0 Å². The highest BCUT2D eigenvalue weighted by atomic mass is 32.2. The molecule has 0 amide bonds. The molecule has 0 spiro atoms. The Morgan fingerprint density at radius 3 is 2.26 bits per heavy atom. The molecule has 0 unspecified atom stereocenters. The van der Waals surface area contributed by atoms with Gasteiger partial charge in [0.2, 0.25) is 0 Å². The lowest BCUT2D eigenvalue weighted by molar-refractivity contribution is -0.768. The standard InChI is InChI=1S/C23H21FN2O8S/c1-14-20(9-15-3-6-18(35-2)7-4-15)19-8-5-16(24)10-22(19)21(14)11-23(27)34-17(12-32-25(28)29)13-33-26(30)31/h3-10,17H,11-13H2,1-2H3/b20-9-. The zero-order valence-corrected chi connectivity index (χ0v) is 19.6. The van der Waals surface area contributed by atoms with E-state index in [0.29, 0.717) is 11.1 Å². The number of thioether (sulfide) groups is 1. The minimum absolute atomic E-state index is 0.293. The second-order valence-corrected chi connectivity index (χ2v) is 8.33. The van der Waals surface area contributed by atoms with Gasteiger partial charge in [-0.15, -0.1) is 32.0 Å². The molecule has 2 aromatic carbocycles. The second kappa shape index (κ2) is 11.5. The summed E-state index contributed by atoms with van der Waals surface area (Å²) < 4.78 is 19.2. The van der Waals surface area contributed by atoms with E-state index in [9.17, 15) is 29.4 Å². The van der Waals surface area contributed by atoms with Crippen LogP contribution in [0.3, 0.4) is 0 Å². The van der Waals surface area contributed by atoms with Gasteiger partial charge in [-0.25, -0.2) is 4.39 Å². The summed E-state index contributed by atoms with van der Waals surface area (Å²) in [6.45, 7) is 0.311. The lowest BCUT2D eigenvalue weighted by Gasteiger charge is -2.16. The summed E-state index contributed by atoms with van der Waals surface area (Å²) in [5, 5.41) is 18.7. The SMILES string of the molecule is CSc1ccc(/C=C2/C(C)=C(CC(=O)OC(CO[N+](=O)[O-])CO[N+](=O)[O-])c3cc(F)ccc32)cc1. The van der Waals surface area contributed by atoms with Crippen molar-refractivity contribution < 1.29 is 33.8 Å². The molecule has 0 N–H and O–H groups in total. The molecule has 184 valence electrons. The number of rotatable bonds is 11. The van der Waals surface area contributed by atoms with Crippen molar-refractivity contribution in [3.8, 4) is 0 Å². The van der Waals surface area contributed by atoms with Crippen molar-refractivity contribution in [2.45, 2.75) is 24.3 Å². The minimum atomic E-state index is -1.39. The quantitative estimate of drug-likeness (QED) is 0.186. The number of benzene rings is 2. The van der Waals surface area contributed by atoms with Crippen molar-refractivity contribution in [2.75, 3.05) is 19.5 Å². The van der Waals surface area contributed by atoms with Gasteiger partial charge in [0, 0.05) is 4.90 Å². The molecule has 0 atom stereocenters. The van der Waals surface area contributed by atoms with Crippen LogP contribution in [0, 0.1) is 26.0 Å². The molecule has 0 saturated carbocycles. The lowest BCUT2D eigenvalue weighted by atomic mass is 10.0. The van der Waals surface area contributed by atoms with Crippen molar-refractivity contribution in [1.29, 1.82) is 0 Å². The fourth-order valence-corrected chi connectivity index (χ4v) is 4.03. The number of hydrogen-bond donors (Lipinski definition) is 0. The predicted octanol–water partition coefficient (Wildman–Crippen LogP) is 4.59. The summed E-state index contributed by atoms with van der Waals surface area (Å²) in [5.41, 5.74) is 4.24. The Bertz CT molecular complexity index is 1180. The Morgan fingerprint density at radius 2 is 1.69 bits per heavy atom. The monoisotopic (exact) mass is 504 g/mol. The predicted molar refractivity (Wildman–Crippen MR) is 125 cm³/mol. The summed E-state index contributed by atoms with van der Waals surface area (Å²) in [4.78, 5) is 43.0. The highest BCUT2D eigenvalue weighted by molar-refractivity contribution is 7.98. The molecule has 0 radical (unpaired) electrons. The van der Waals surface area contributed by atoms with Crippen LogP contribution in [0.2, 0.25) is 0 Å². The number of ether oxygens (including phenoxy) is 1. The summed E-state index contributed by atoms with van der Waals surface area (Å²) in [6.07, 6.45) is 2.23. The van der Waals surface area contributed by atoms with Gasteiger partial charge in [0.1, 0.15) is 25.1 Å². The summed E-state index contributed by atoms with van der Waals surface area (Å²) in [7, 11) is 0. The molecule has 0 aliphatic heterocycles. The molecule has 2 aromatic rings. The normalized spacial score (nSPS) is 13.7. The first kappa shape index (κ1) is 25.7. The smallest absolute Gasteiger partial charge is 0.310 e. The van der Waals surface area contributed by atoms with E-state index in [2.05, 4.69) is 9.68 Å². The Labute approximate surface area is 203 Å². The third-order valence-electron chi connectivity index (χ3n) is 5.23. The van der Waals surface area contributed by atoms with Crippen LogP contribution in [-0.4, -0.2) is 41.7 Å². The Hall–Kier alpha value is -3.93. The average Bonchev–Trinajstić information content (AvgIpc) is 3.06. The fraction of sp³-hybridized carbons (Fsp3) is 0.261. The zero-order valence-electron chi connectivity index (χ0n) is 18.8. The molecule has 0 aromatic heterocycles. The number of halogens is 1. The molecule has 10 nitrogen and oxygen atoms in total. The van der Waals surface area contributed by atoms with Gasteiger partial charge < -0.3 is 14.4 Å². The number of carbonyl (C=O) groups excluding carboxylic acids is 1. The third kappa shape index (κ3) is 6.79. The minimum Gasteiger partial charge on any atom is -0.458 e. The van der Waals surface area contributed by atoms with Crippen molar-refractivity contribution in [1.82, 2.24) is 0 Å². The molecule has 1 aliphatic rings. The van der Waals surface area contributed by atoms with Gasteiger partial charge in [-0.2, -0.15) is 0 Å². The molecule has 12 heteroatoms. The maximum atomic E-state index is 14.1. The molecule has 0 saturated heterocycles. The van der Waals surface area contributed by atoms with Crippen molar-refractivity contribution >= 4 is 35.0 Å². The zero-order chi connectivity index (χ0) is 25.5. The first-order chi connectivity index (χ1) is 16.7.